The maximum Gasteiger partial charge on any atom is 0.0238 e. The number of rotatable bonds is 3. The minimum Gasteiger partial charge on any atom is -0.901 e. The molecule has 6 aromatic carbocycles. The van der Waals surface area contributed by atoms with Crippen molar-refractivity contribution in [2.24, 2.45) is 0 Å². The zero-order valence-electron chi connectivity index (χ0n) is 18.8. The second-order valence-corrected chi connectivity index (χ2v) is 6.81. The van der Waals surface area contributed by atoms with Crippen LogP contribution in [0.4, 0.5) is 0 Å². The van der Waals surface area contributed by atoms with Crippen LogP contribution < -0.4 is 0 Å². The first-order chi connectivity index (χ1) is 15.9. The van der Waals surface area contributed by atoms with Crippen LogP contribution in [0.2, 0.25) is 0 Å². The number of hydrogen-bond donors (Lipinski definition) is 1. The van der Waals surface area contributed by atoms with E-state index in [0.29, 0.717) is 0 Å². The summed E-state index contributed by atoms with van der Waals surface area (Å²) < 4.78 is 0. The fourth-order valence-electron chi connectivity index (χ4n) is 2.88. The smallest absolute Gasteiger partial charge is 0.0238 e. The Balaban J connectivity index is 0.000000441. The van der Waals surface area contributed by atoms with Gasteiger partial charge in [-0.1, -0.05) is 0 Å². The molecule has 0 aliphatic rings. The van der Waals surface area contributed by atoms with Crippen molar-refractivity contribution in [2.75, 3.05) is 0 Å². The van der Waals surface area contributed by atoms with E-state index in [2.05, 4.69) is 72.8 Å². The summed E-state index contributed by atoms with van der Waals surface area (Å²) in [5, 5.41) is 8.43. The van der Waals surface area contributed by atoms with Gasteiger partial charge < -0.3 is 64.8 Å². The molecule has 0 aliphatic heterocycles. The Morgan fingerprint density at radius 2 is 0.886 bits per heavy atom. The fraction of sp³-hybridized carbons (Fsp3) is 0.0323. The van der Waals surface area contributed by atoms with Crippen molar-refractivity contribution in [3.8, 4) is 22.3 Å². The van der Waals surface area contributed by atoms with E-state index in [1.807, 2.05) is 78.9 Å². The second-order valence-electron chi connectivity index (χ2n) is 6.81. The van der Waals surface area contributed by atoms with Gasteiger partial charge in [0.1, 0.15) is 0 Å². The van der Waals surface area contributed by atoms with Gasteiger partial charge in [0.25, 0.3) is 0 Å². The molecule has 6 rings (SSSR count). The molecule has 1 nitrogen and oxygen atoms in total. The topological polar surface area (TPSA) is 20.2 Å². The molecule has 0 fully saturated rings. The van der Waals surface area contributed by atoms with E-state index in [0.717, 1.165) is 16.7 Å². The molecule has 0 amide bonds. The van der Waals surface area contributed by atoms with E-state index in [1.54, 1.807) is 0 Å². The third-order valence-corrected chi connectivity index (χ3v) is 4.52. The summed E-state index contributed by atoms with van der Waals surface area (Å²) in [7, 11) is 0. The molecule has 0 aromatic heterocycles. The third kappa shape index (κ3) is 12.2. The normalized spacial score (nSPS) is 8.71. The van der Waals surface area contributed by atoms with E-state index >= 15 is 0 Å². The average Bonchev–Trinajstić information content (AvgIpc) is 3.67. The molecule has 1 N–H and O–H groups in total. The molecule has 0 saturated heterocycles. The zero-order chi connectivity index (χ0) is 22.3. The van der Waals surface area contributed by atoms with Crippen molar-refractivity contribution in [1.82, 2.24) is 0 Å². The first-order valence-corrected chi connectivity index (χ1v) is 10.4. The Kier molecular flexibility index (Phi) is 18.5. The van der Waals surface area contributed by atoms with Crippen LogP contribution in [0.1, 0.15) is 5.56 Å². The Hall–Kier alpha value is -2.38. The zero-order valence-corrected chi connectivity index (χ0v) is 22.2. The van der Waals surface area contributed by atoms with Gasteiger partial charge in [0.15, 0.2) is 0 Å². The molecular weight excluding hydrogens is 556 g/mol. The first-order valence-electron chi connectivity index (χ1n) is 10.4. The fourth-order valence-corrected chi connectivity index (χ4v) is 2.88. The Morgan fingerprint density at radius 3 is 1.20 bits per heavy atom. The predicted octanol–water partition coefficient (Wildman–Crippen LogP) is 7.08. The van der Waals surface area contributed by atoms with E-state index in [-0.39, 0.29) is 57.8 Å². The molecule has 35 heavy (non-hydrogen) atoms. The van der Waals surface area contributed by atoms with Gasteiger partial charge in [-0.25, -0.2) is 24.3 Å². The molecule has 0 spiro atoms. The van der Waals surface area contributed by atoms with E-state index < -0.39 is 0 Å². The van der Waals surface area contributed by atoms with Gasteiger partial charge in [0.05, 0.1) is 0 Å². The van der Waals surface area contributed by atoms with Gasteiger partial charge in [0, 0.05) is 57.8 Å². The molecular formula is C31H24Fe3O-10. The van der Waals surface area contributed by atoms with E-state index in [9.17, 15) is 0 Å². The molecule has 0 heterocycles. The van der Waals surface area contributed by atoms with Crippen LogP contribution in [-0.4, -0.2) is 5.11 Å². The predicted molar refractivity (Wildman–Crippen MR) is 131 cm³/mol. The molecule has 188 valence electrons. The van der Waals surface area contributed by atoms with Gasteiger partial charge in [-0.15, -0.1) is 5.56 Å². The summed E-state index contributed by atoms with van der Waals surface area (Å²) in [5.41, 5.74) is 5.69. The van der Waals surface area contributed by atoms with Gasteiger partial charge in [-0.05, 0) is 0 Å². The van der Waals surface area contributed by atoms with Gasteiger partial charge >= 0.3 is 0 Å². The van der Waals surface area contributed by atoms with Crippen molar-refractivity contribution >= 4 is 0 Å². The van der Waals surface area contributed by atoms with Crippen molar-refractivity contribution in [3.63, 3.8) is 0 Å². The summed E-state index contributed by atoms with van der Waals surface area (Å²) in [6, 6.07) is 53.6. The Labute approximate surface area is 241 Å². The van der Waals surface area contributed by atoms with Crippen LogP contribution in [0.15, 0.2) is 127 Å². The molecule has 6 aromatic rings. The summed E-state index contributed by atoms with van der Waals surface area (Å²) in [4.78, 5) is 0. The minimum atomic E-state index is 0. The van der Waals surface area contributed by atoms with Crippen molar-refractivity contribution in [1.29, 1.82) is 0 Å². The summed E-state index contributed by atoms with van der Waals surface area (Å²) in [6.45, 7) is 0.160. The third-order valence-electron chi connectivity index (χ3n) is 4.52. The molecule has 4 heteroatoms. The maximum atomic E-state index is 8.43. The van der Waals surface area contributed by atoms with Crippen LogP contribution in [-0.2, 0) is 57.8 Å². The van der Waals surface area contributed by atoms with Crippen LogP contribution in [0, 0.1) is 24.3 Å². The quantitative estimate of drug-likeness (QED) is 0.175. The van der Waals surface area contributed by atoms with Gasteiger partial charge in [-0.3, -0.25) is 0 Å². The first kappa shape index (κ1) is 32.6. The van der Waals surface area contributed by atoms with E-state index in [4.69, 9.17) is 5.11 Å². The van der Waals surface area contributed by atoms with Crippen LogP contribution >= 0.6 is 0 Å². The number of aliphatic hydroxyl groups is 1. The average molecular weight is 580 g/mol. The number of aliphatic hydroxyl groups excluding tert-OH is 1. The van der Waals surface area contributed by atoms with E-state index in [1.165, 1.54) is 11.1 Å². The minimum absolute atomic E-state index is 0. The molecule has 0 atom stereocenters. The SMILES string of the molecule is OC[c-]1cccc1.[Fe].[Fe].[Fe].[c-]1[c-][c-][c-](-[c-]2cccc2)[c-]1.c1cc[c-](-[c-]2cccc2)c1.c1cc[cH-]c1. The maximum absolute atomic E-state index is 8.43. The van der Waals surface area contributed by atoms with Crippen molar-refractivity contribution in [3.05, 3.63) is 157 Å². The monoisotopic (exact) mass is 580 g/mol. The molecule has 0 aliphatic carbocycles. The van der Waals surface area contributed by atoms with Crippen LogP contribution in [0.5, 0.6) is 0 Å². The van der Waals surface area contributed by atoms with Crippen molar-refractivity contribution in [2.45, 2.75) is 6.61 Å². The summed E-state index contributed by atoms with van der Waals surface area (Å²) >= 11 is 0. The van der Waals surface area contributed by atoms with Gasteiger partial charge in [-0.2, -0.15) is 90.0 Å². The summed E-state index contributed by atoms with van der Waals surface area (Å²) in [5.74, 6) is 0. The largest absolute Gasteiger partial charge is 0.901 e. The van der Waals surface area contributed by atoms with Crippen molar-refractivity contribution < 1.29 is 56.3 Å². The van der Waals surface area contributed by atoms with Crippen LogP contribution in [0.3, 0.4) is 0 Å². The second kappa shape index (κ2) is 19.9. The molecule has 0 radical (unpaired) electrons. The Bertz CT molecular complexity index is 967. The summed E-state index contributed by atoms with van der Waals surface area (Å²) in [6.07, 6.45) is 0. The number of hydrogen-bond acceptors (Lipinski definition) is 1. The molecule has 0 unspecified atom stereocenters. The Morgan fingerprint density at radius 1 is 0.514 bits per heavy atom. The standard InChI is InChI=1S/C10H8.C10H4.C6H7O.C5H5.3Fe/c2*1-2-6-9(5-1)10-7-3-4-8-10;7-5-6-3-1-2-4-6;1-2-4-5-3-1;;;/h1-8H;1-2,5-6H;1-4,7H,5H2;1-5H;;;/q-2;-6;2*-1;;;. The van der Waals surface area contributed by atoms with Gasteiger partial charge in [0.2, 0.25) is 0 Å². The molecule has 0 saturated carbocycles. The van der Waals surface area contributed by atoms with Crippen LogP contribution in [0.25, 0.3) is 22.3 Å². The molecule has 0 bridgehead atoms.